The van der Waals surface area contributed by atoms with Crippen molar-refractivity contribution in [2.75, 3.05) is 5.43 Å². The number of hydrazone groups is 1. The number of hydrogen-bond acceptors (Lipinski definition) is 6. The average Bonchev–Trinajstić information content (AvgIpc) is 2.89. The number of nitrogens with one attached hydrogen (secondary N) is 1. The zero-order chi connectivity index (χ0) is 15.5. The van der Waals surface area contributed by atoms with Gasteiger partial charge in [-0.1, -0.05) is 19.1 Å². The number of rotatable bonds is 4. The first kappa shape index (κ1) is 14.6. The molecule has 1 aromatic carbocycles. The number of thiazole rings is 1. The van der Waals surface area contributed by atoms with Gasteiger partial charge in [-0.05, 0) is 31.2 Å². The van der Waals surface area contributed by atoms with Crippen molar-refractivity contribution in [3.05, 3.63) is 50.5 Å². The van der Waals surface area contributed by atoms with E-state index in [2.05, 4.69) is 22.4 Å². The molecule has 114 valence electrons. The van der Waals surface area contributed by atoms with Crippen LogP contribution in [0, 0.1) is 16.0 Å². The van der Waals surface area contributed by atoms with E-state index in [-0.39, 0.29) is 5.69 Å². The Morgan fingerprint density at radius 3 is 3.14 bits per heavy atom. The number of nitro groups is 1. The van der Waals surface area contributed by atoms with Crippen LogP contribution in [0.1, 0.15) is 29.5 Å². The highest BCUT2D eigenvalue weighted by Gasteiger charge is 2.19. The summed E-state index contributed by atoms with van der Waals surface area (Å²) >= 11 is 1.61. The molecular formula is C15H16N4O2S. The molecule has 1 aromatic heterocycles. The summed E-state index contributed by atoms with van der Waals surface area (Å²) in [5.41, 5.74) is 4.55. The first-order valence-electron chi connectivity index (χ1n) is 7.14. The summed E-state index contributed by atoms with van der Waals surface area (Å²) in [6, 6.07) is 6.51. The zero-order valence-corrected chi connectivity index (χ0v) is 13.0. The van der Waals surface area contributed by atoms with Crippen LogP contribution in [0.5, 0.6) is 0 Å². The fourth-order valence-electron chi connectivity index (χ4n) is 2.51. The Kier molecular flexibility index (Phi) is 4.15. The summed E-state index contributed by atoms with van der Waals surface area (Å²) in [7, 11) is 0. The molecule has 0 fully saturated rings. The molecule has 1 aliphatic rings. The van der Waals surface area contributed by atoms with Crippen molar-refractivity contribution in [2.45, 2.75) is 26.2 Å². The van der Waals surface area contributed by atoms with Gasteiger partial charge in [0.1, 0.15) is 0 Å². The second-order valence-corrected chi connectivity index (χ2v) is 6.51. The molecule has 1 aliphatic carbocycles. The summed E-state index contributed by atoms with van der Waals surface area (Å²) in [4.78, 5) is 16.4. The minimum absolute atomic E-state index is 0.0420. The third kappa shape index (κ3) is 3.14. The van der Waals surface area contributed by atoms with Gasteiger partial charge in [0.15, 0.2) is 0 Å². The number of anilines is 1. The second kappa shape index (κ2) is 6.23. The molecule has 1 unspecified atom stereocenters. The molecule has 0 bridgehead atoms. The maximum absolute atomic E-state index is 10.9. The van der Waals surface area contributed by atoms with E-state index in [1.165, 1.54) is 23.6 Å². The van der Waals surface area contributed by atoms with Gasteiger partial charge in [-0.25, -0.2) is 4.98 Å². The Morgan fingerprint density at radius 1 is 1.50 bits per heavy atom. The van der Waals surface area contributed by atoms with Crippen LogP contribution in [0.2, 0.25) is 0 Å². The maximum atomic E-state index is 10.9. The average molecular weight is 316 g/mol. The Bertz CT molecular complexity index is 726. The predicted molar refractivity (Wildman–Crippen MR) is 87.6 cm³/mol. The molecule has 0 saturated heterocycles. The Morgan fingerprint density at radius 2 is 2.32 bits per heavy atom. The Balaban J connectivity index is 1.72. The van der Waals surface area contributed by atoms with Crippen LogP contribution >= 0.6 is 11.3 Å². The molecule has 22 heavy (non-hydrogen) atoms. The highest BCUT2D eigenvalue weighted by molar-refractivity contribution is 7.15. The van der Waals surface area contributed by atoms with Crippen LogP contribution in [0.15, 0.2) is 29.4 Å². The van der Waals surface area contributed by atoms with Gasteiger partial charge in [-0.3, -0.25) is 15.5 Å². The number of hydrogen-bond donors (Lipinski definition) is 1. The lowest BCUT2D eigenvalue weighted by Crippen LogP contribution is -2.09. The lowest BCUT2D eigenvalue weighted by atomic mass is 9.93. The van der Waals surface area contributed by atoms with Gasteiger partial charge in [-0.15, -0.1) is 11.3 Å². The first-order chi connectivity index (χ1) is 10.6. The third-order valence-corrected chi connectivity index (χ3v) is 4.71. The molecule has 0 aliphatic heterocycles. The smallest absolute Gasteiger partial charge is 0.258 e. The van der Waals surface area contributed by atoms with Gasteiger partial charge < -0.3 is 0 Å². The van der Waals surface area contributed by atoms with E-state index >= 15 is 0 Å². The highest BCUT2D eigenvalue weighted by Crippen LogP contribution is 2.32. The standard InChI is InChI=1S/C15H16N4O2S/c1-10-6-7-12-14(8-10)22-15(17-12)18-16-9-11-4-2-3-5-13(11)19(20)21/h2-5,9-10H,6-8H2,1H3,(H,17,18)/b16-9-. The van der Waals surface area contributed by atoms with Crippen LogP contribution in [-0.2, 0) is 12.8 Å². The monoisotopic (exact) mass is 316 g/mol. The van der Waals surface area contributed by atoms with Gasteiger partial charge in [0.05, 0.1) is 22.4 Å². The van der Waals surface area contributed by atoms with E-state index in [0.29, 0.717) is 11.5 Å². The number of para-hydroxylation sites is 1. The summed E-state index contributed by atoms with van der Waals surface area (Å²) in [6.45, 7) is 2.25. The molecule has 0 spiro atoms. The summed E-state index contributed by atoms with van der Waals surface area (Å²) in [6.07, 6.45) is 4.72. The SMILES string of the molecule is CC1CCc2nc(N/N=C\c3ccccc3[N+](=O)[O-])sc2C1. The second-order valence-electron chi connectivity index (χ2n) is 5.42. The van der Waals surface area contributed by atoms with Crippen molar-refractivity contribution in [2.24, 2.45) is 11.0 Å². The molecule has 0 saturated carbocycles. The number of fused-ring (bicyclic) bond motifs is 1. The minimum atomic E-state index is -0.412. The van der Waals surface area contributed by atoms with Crippen LogP contribution in [0.3, 0.4) is 0 Å². The molecule has 1 atom stereocenters. The molecule has 1 heterocycles. The van der Waals surface area contributed by atoms with Crippen molar-refractivity contribution in [3.8, 4) is 0 Å². The third-order valence-electron chi connectivity index (χ3n) is 3.68. The summed E-state index contributed by atoms with van der Waals surface area (Å²) in [5.74, 6) is 0.705. The lowest BCUT2D eigenvalue weighted by molar-refractivity contribution is -0.385. The fourth-order valence-corrected chi connectivity index (χ4v) is 3.63. The van der Waals surface area contributed by atoms with Crippen molar-refractivity contribution in [1.82, 2.24) is 4.98 Å². The molecular weight excluding hydrogens is 300 g/mol. The number of aryl methyl sites for hydroxylation is 1. The highest BCUT2D eigenvalue weighted by atomic mass is 32.1. The molecule has 3 rings (SSSR count). The quantitative estimate of drug-likeness (QED) is 0.530. The number of aromatic nitrogens is 1. The van der Waals surface area contributed by atoms with Gasteiger partial charge >= 0.3 is 0 Å². The summed E-state index contributed by atoms with van der Waals surface area (Å²) in [5, 5.41) is 15.8. The molecule has 7 heteroatoms. The minimum Gasteiger partial charge on any atom is -0.258 e. The summed E-state index contributed by atoms with van der Waals surface area (Å²) < 4.78 is 0. The Labute approximate surface area is 132 Å². The van der Waals surface area contributed by atoms with Crippen LogP contribution in [-0.4, -0.2) is 16.1 Å². The molecule has 2 aromatic rings. The number of benzene rings is 1. The van der Waals surface area contributed by atoms with Crippen LogP contribution < -0.4 is 5.43 Å². The number of nitro benzene ring substituents is 1. The van der Waals surface area contributed by atoms with Crippen LogP contribution in [0.25, 0.3) is 0 Å². The van der Waals surface area contributed by atoms with E-state index in [9.17, 15) is 10.1 Å². The van der Waals surface area contributed by atoms with Gasteiger partial charge in [0, 0.05) is 10.9 Å². The van der Waals surface area contributed by atoms with E-state index < -0.39 is 4.92 Å². The van der Waals surface area contributed by atoms with Gasteiger partial charge in [0.25, 0.3) is 5.69 Å². The van der Waals surface area contributed by atoms with Crippen molar-refractivity contribution in [3.63, 3.8) is 0 Å². The van der Waals surface area contributed by atoms with E-state index in [1.807, 2.05) is 0 Å². The number of nitrogens with zero attached hydrogens (tertiary/aromatic N) is 3. The van der Waals surface area contributed by atoms with E-state index in [0.717, 1.165) is 23.7 Å². The lowest BCUT2D eigenvalue weighted by Gasteiger charge is -2.15. The normalized spacial score (nSPS) is 17.4. The van der Waals surface area contributed by atoms with Crippen molar-refractivity contribution >= 4 is 28.4 Å². The maximum Gasteiger partial charge on any atom is 0.278 e. The van der Waals surface area contributed by atoms with E-state index in [4.69, 9.17) is 0 Å². The largest absolute Gasteiger partial charge is 0.278 e. The topological polar surface area (TPSA) is 80.4 Å². The van der Waals surface area contributed by atoms with Crippen molar-refractivity contribution < 1.29 is 4.92 Å². The van der Waals surface area contributed by atoms with E-state index in [1.54, 1.807) is 29.5 Å². The van der Waals surface area contributed by atoms with Gasteiger partial charge in [-0.2, -0.15) is 5.10 Å². The zero-order valence-electron chi connectivity index (χ0n) is 12.2. The first-order valence-corrected chi connectivity index (χ1v) is 7.96. The predicted octanol–water partition coefficient (Wildman–Crippen LogP) is 3.62. The Hall–Kier alpha value is -2.28. The van der Waals surface area contributed by atoms with Crippen LogP contribution in [0.4, 0.5) is 10.8 Å². The molecule has 1 N–H and O–H groups in total. The molecule has 0 amide bonds. The molecule has 0 radical (unpaired) electrons. The van der Waals surface area contributed by atoms with Crippen molar-refractivity contribution in [1.29, 1.82) is 0 Å². The van der Waals surface area contributed by atoms with Gasteiger partial charge in [0.2, 0.25) is 5.13 Å². The fraction of sp³-hybridized carbons (Fsp3) is 0.333. The molecule has 6 nitrogen and oxygen atoms in total.